The molecule has 1 N–H and O–H groups in total. The number of carbonyl (C=O) groups excluding carboxylic acids is 1. The van der Waals surface area contributed by atoms with Crippen molar-refractivity contribution in [2.24, 2.45) is 0 Å². The lowest BCUT2D eigenvalue weighted by molar-refractivity contribution is -0.129. The molecule has 0 aromatic carbocycles. The van der Waals surface area contributed by atoms with Crippen molar-refractivity contribution in [2.45, 2.75) is 33.2 Å². The van der Waals surface area contributed by atoms with Gasteiger partial charge in [0.15, 0.2) is 0 Å². The van der Waals surface area contributed by atoms with Crippen LogP contribution in [0, 0.1) is 0 Å². The van der Waals surface area contributed by atoms with Gasteiger partial charge in [-0.15, -0.1) is 0 Å². The van der Waals surface area contributed by atoms with Crippen LogP contribution in [0.25, 0.3) is 0 Å². The molecule has 1 aromatic heterocycles. The van der Waals surface area contributed by atoms with Crippen LogP contribution >= 0.6 is 0 Å². The second kappa shape index (κ2) is 6.54. The molecule has 0 spiro atoms. The van der Waals surface area contributed by atoms with Gasteiger partial charge in [-0.05, 0) is 19.4 Å². The molecule has 1 amide bonds. The number of carbonyl (C=O) groups is 1. The van der Waals surface area contributed by atoms with Crippen LogP contribution in [0.1, 0.15) is 27.2 Å². The molecule has 1 aliphatic heterocycles. The van der Waals surface area contributed by atoms with Gasteiger partial charge in [-0.3, -0.25) is 4.79 Å². The zero-order chi connectivity index (χ0) is 14.5. The second-order valence-corrected chi connectivity index (χ2v) is 5.19. The van der Waals surface area contributed by atoms with E-state index in [2.05, 4.69) is 34.0 Å². The fourth-order valence-corrected chi connectivity index (χ4v) is 2.17. The Bertz CT molecular complexity index is 457. The number of rotatable bonds is 4. The van der Waals surface area contributed by atoms with Crippen LogP contribution in [0.15, 0.2) is 12.3 Å². The molecule has 0 saturated carbocycles. The van der Waals surface area contributed by atoms with Crippen LogP contribution in [0.4, 0.5) is 11.8 Å². The largest absolute Gasteiger partial charge is 0.353 e. The summed E-state index contributed by atoms with van der Waals surface area (Å²) in [4.78, 5) is 24.2. The first kappa shape index (κ1) is 14.6. The number of piperazine rings is 1. The van der Waals surface area contributed by atoms with Crippen molar-refractivity contribution in [1.82, 2.24) is 14.9 Å². The van der Waals surface area contributed by atoms with Gasteiger partial charge in [0, 0.05) is 45.3 Å². The minimum Gasteiger partial charge on any atom is -0.353 e. The number of hydrogen-bond acceptors (Lipinski definition) is 5. The summed E-state index contributed by atoms with van der Waals surface area (Å²) in [7, 11) is 0. The highest BCUT2D eigenvalue weighted by atomic mass is 16.2. The predicted octanol–water partition coefficient (Wildman–Crippen LogP) is 1.36. The van der Waals surface area contributed by atoms with E-state index < -0.39 is 0 Å². The van der Waals surface area contributed by atoms with Gasteiger partial charge < -0.3 is 15.1 Å². The van der Waals surface area contributed by atoms with Gasteiger partial charge in [-0.2, -0.15) is 4.98 Å². The molecule has 20 heavy (non-hydrogen) atoms. The molecule has 1 saturated heterocycles. The third kappa shape index (κ3) is 3.59. The lowest BCUT2D eigenvalue weighted by atomic mass is 10.3. The van der Waals surface area contributed by atoms with E-state index >= 15 is 0 Å². The third-order valence-electron chi connectivity index (χ3n) is 3.68. The standard InChI is InChI=1S/C14H23N5O/c1-4-11(2)16-14-15-6-5-13(17-14)19-9-7-18(8-10-19)12(3)20/h5-6,11H,4,7-10H2,1-3H3,(H,15,16,17). The first-order valence-electron chi connectivity index (χ1n) is 7.20. The summed E-state index contributed by atoms with van der Waals surface area (Å²) in [6.45, 7) is 9.01. The van der Waals surface area contributed by atoms with Crippen LogP contribution in [-0.2, 0) is 4.79 Å². The average Bonchev–Trinajstić information content (AvgIpc) is 2.47. The summed E-state index contributed by atoms with van der Waals surface area (Å²) in [5, 5.41) is 3.28. The monoisotopic (exact) mass is 277 g/mol. The molecule has 6 nitrogen and oxygen atoms in total. The second-order valence-electron chi connectivity index (χ2n) is 5.19. The number of amides is 1. The SMILES string of the molecule is CCC(C)Nc1nccc(N2CCN(C(C)=O)CC2)n1. The molecule has 1 unspecified atom stereocenters. The highest BCUT2D eigenvalue weighted by molar-refractivity contribution is 5.73. The van der Waals surface area contributed by atoms with Gasteiger partial charge in [0.1, 0.15) is 5.82 Å². The summed E-state index contributed by atoms with van der Waals surface area (Å²) in [5.74, 6) is 1.74. The Kier molecular flexibility index (Phi) is 4.76. The van der Waals surface area contributed by atoms with Crippen molar-refractivity contribution < 1.29 is 4.79 Å². The van der Waals surface area contributed by atoms with Gasteiger partial charge >= 0.3 is 0 Å². The quantitative estimate of drug-likeness (QED) is 0.900. The topological polar surface area (TPSA) is 61.4 Å². The van der Waals surface area contributed by atoms with Crippen LogP contribution in [-0.4, -0.2) is 53.0 Å². The van der Waals surface area contributed by atoms with Gasteiger partial charge in [-0.25, -0.2) is 4.98 Å². The molecule has 1 atom stereocenters. The van der Waals surface area contributed by atoms with E-state index in [0.29, 0.717) is 12.0 Å². The fourth-order valence-electron chi connectivity index (χ4n) is 2.17. The molecule has 0 radical (unpaired) electrons. The summed E-state index contributed by atoms with van der Waals surface area (Å²) >= 11 is 0. The molecule has 2 rings (SSSR count). The van der Waals surface area contributed by atoms with Gasteiger partial charge in [0.05, 0.1) is 0 Å². The molecule has 6 heteroatoms. The molecule has 110 valence electrons. The smallest absolute Gasteiger partial charge is 0.224 e. The van der Waals surface area contributed by atoms with E-state index in [-0.39, 0.29) is 5.91 Å². The molecule has 0 bridgehead atoms. The lowest BCUT2D eigenvalue weighted by Gasteiger charge is -2.34. The summed E-state index contributed by atoms with van der Waals surface area (Å²) < 4.78 is 0. The Morgan fingerprint density at radius 1 is 1.40 bits per heavy atom. The number of nitrogens with one attached hydrogen (secondary N) is 1. The van der Waals surface area contributed by atoms with Crippen molar-refractivity contribution in [3.63, 3.8) is 0 Å². The summed E-state index contributed by atoms with van der Waals surface area (Å²) in [6, 6.07) is 2.28. The van der Waals surface area contributed by atoms with Gasteiger partial charge in [-0.1, -0.05) is 6.92 Å². The van der Waals surface area contributed by atoms with E-state index in [0.717, 1.165) is 38.4 Å². The number of hydrogen-bond donors (Lipinski definition) is 1. The summed E-state index contributed by atoms with van der Waals surface area (Å²) in [6.07, 6.45) is 2.81. The molecular formula is C14H23N5O. The highest BCUT2D eigenvalue weighted by Gasteiger charge is 2.19. The molecular weight excluding hydrogens is 254 g/mol. The normalized spacial score (nSPS) is 16.9. The van der Waals surface area contributed by atoms with Crippen LogP contribution in [0.5, 0.6) is 0 Å². The highest BCUT2D eigenvalue weighted by Crippen LogP contribution is 2.15. The first-order chi connectivity index (χ1) is 9.60. The van der Waals surface area contributed by atoms with Crippen molar-refractivity contribution in [3.8, 4) is 0 Å². The van der Waals surface area contributed by atoms with E-state index in [9.17, 15) is 4.79 Å². The molecule has 1 fully saturated rings. The fraction of sp³-hybridized carbons (Fsp3) is 0.643. The van der Waals surface area contributed by atoms with Gasteiger partial charge in [0.2, 0.25) is 11.9 Å². The van der Waals surface area contributed by atoms with E-state index in [1.807, 2.05) is 11.0 Å². The van der Waals surface area contributed by atoms with Crippen molar-refractivity contribution in [2.75, 3.05) is 36.4 Å². The summed E-state index contributed by atoms with van der Waals surface area (Å²) in [5.41, 5.74) is 0. The molecule has 2 heterocycles. The maximum Gasteiger partial charge on any atom is 0.224 e. The van der Waals surface area contributed by atoms with Crippen molar-refractivity contribution in [1.29, 1.82) is 0 Å². The molecule has 1 aromatic rings. The lowest BCUT2D eigenvalue weighted by Crippen LogP contribution is -2.48. The Hall–Kier alpha value is -1.85. The third-order valence-corrected chi connectivity index (χ3v) is 3.68. The van der Waals surface area contributed by atoms with Crippen molar-refractivity contribution in [3.05, 3.63) is 12.3 Å². The Morgan fingerprint density at radius 2 is 2.10 bits per heavy atom. The maximum atomic E-state index is 11.3. The van der Waals surface area contributed by atoms with Gasteiger partial charge in [0.25, 0.3) is 0 Å². The number of anilines is 2. The predicted molar refractivity (Wildman–Crippen MR) is 79.9 cm³/mol. The van der Waals surface area contributed by atoms with Crippen molar-refractivity contribution >= 4 is 17.7 Å². The molecule has 1 aliphatic rings. The Morgan fingerprint density at radius 3 is 2.70 bits per heavy atom. The Labute approximate surface area is 120 Å². The zero-order valence-electron chi connectivity index (χ0n) is 12.5. The maximum absolute atomic E-state index is 11.3. The van der Waals surface area contributed by atoms with E-state index in [1.165, 1.54) is 0 Å². The average molecular weight is 277 g/mol. The first-order valence-corrected chi connectivity index (χ1v) is 7.20. The van der Waals surface area contributed by atoms with E-state index in [1.54, 1.807) is 13.1 Å². The zero-order valence-corrected chi connectivity index (χ0v) is 12.5. The Balaban J connectivity index is 1.99. The minimum atomic E-state index is 0.145. The van der Waals surface area contributed by atoms with E-state index in [4.69, 9.17) is 0 Å². The number of aromatic nitrogens is 2. The van der Waals surface area contributed by atoms with Crippen LogP contribution < -0.4 is 10.2 Å². The number of nitrogens with zero attached hydrogens (tertiary/aromatic N) is 4. The van der Waals surface area contributed by atoms with Crippen LogP contribution in [0.2, 0.25) is 0 Å². The minimum absolute atomic E-state index is 0.145. The van der Waals surface area contributed by atoms with Crippen LogP contribution in [0.3, 0.4) is 0 Å². The molecule has 0 aliphatic carbocycles.